The molecule has 1 aromatic rings. The molecule has 0 aliphatic heterocycles. The molecule has 1 aromatic heterocycles. The lowest BCUT2D eigenvalue weighted by Gasteiger charge is -2.14. The molecule has 0 unspecified atom stereocenters. The predicted octanol–water partition coefficient (Wildman–Crippen LogP) is 0.719. The Morgan fingerprint density at radius 3 is 2.80 bits per heavy atom. The fourth-order valence-corrected chi connectivity index (χ4v) is 2.73. The minimum Gasteiger partial charge on any atom is -0.383 e. The molecule has 0 radical (unpaired) electrons. The summed E-state index contributed by atoms with van der Waals surface area (Å²) in [6, 6.07) is 2.08. The number of nitrogens with zero attached hydrogens (tertiary/aromatic N) is 1. The van der Waals surface area contributed by atoms with E-state index in [4.69, 9.17) is 9.47 Å². The van der Waals surface area contributed by atoms with Crippen molar-refractivity contribution in [2.45, 2.75) is 32.4 Å². The van der Waals surface area contributed by atoms with E-state index < -0.39 is 0 Å². The second kappa shape index (κ2) is 7.57. The SMILES string of the molecule is COCCNCc1cc2c(n(CCOC)c1=O)CCC2. The largest absolute Gasteiger partial charge is 0.383 e. The summed E-state index contributed by atoms with van der Waals surface area (Å²) < 4.78 is 12.0. The minimum absolute atomic E-state index is 0.118. The maximum atomic E-state index is 12.5. The lowest BCUT2D eigenvalue weighted by molar-refractivity contribution is 0.185. The monoisotopic (exact) mass is 280 g/mol. The number of nitrogens with one attached hydrogen (secondary N) is 1. The molecule has 2 rings (SSSR count). The van der Waals surface area contributed by atoms with Crippen molar-refractivity contribution < 1.29 is 9.47 Å². The summed E-state index contributed by atoms with van der Waals surface area (Å²) in [5.74, 6) is 0. The van der Waals surface area contributed by atoms with Crippen LogP contribution < -0.4 is 10.9 Å². The van der Waals surface area contributed by atoms with E-state index in [2.05, 4.69) is 11.4 Å². The number of aromatic nitrogens is 1. The summed E-state index contributed by atoms with van der Waals surface area (Å²) in [5, 5.41) is 3.25. The lowest BCUT2D eigenvalue weighted by atomic mass is 10.1. The van der Waals surface area contributed by atoms with E-state index in [1.54, 1.807) is 14.2 Å². The summed E-state index contributed by atoms with van der Waals surface area (Å²) in [4.78, 5) is 12.5. The third kappa shape index (κ3) is 3.48. The number of hydrogen-bond acceptors (Lipinski definition) is 4. The van der Waals surface area contributed by atoms with Gasteiger partial charge in [0.2, 0.25) is 0 Å². The van der Waals surface area contributed by atoms with Crippen molar-refractivity contribution in [1.29, 1.82) is 0 Å². The highest BCUT2D eigenvalue weighted by molar-refractivity contribution is 5.30. The number of aryl methyl sites for hydroxylation is 1. The van der Waals surface area contributed by atoms with Crippen molar-refractivity contribution >= 4 is 0 Å². The van der Waals surface area contributed by atoms with Crippen molar-refractivity contribution in [3.63, 3.8) is 0 Å². The molecule has 1 aliphatic rings. The standard InChI is InChI=1S/C15H24N2O3/c1-19-8-6-16-11-13-10-12-4-3-5-14(12)17(15(13)18)7-9-20-2/h10,16H,3-9,11H2,1-2H3. The van der Waals surface area contributed by atoms with Gasteiger partial charge in [0.05, 0.1) is 13.2 Å². The van der Waals surface area contributed by atoms with Gasteiger partial charge in [0.15, 0.2) is 0 Å². The number of rotatable bonds is 8. The molecule has 0 aromatic carbocycles. The van der Waals surface area contributed by atoms with Crippen molar-refractivity contribution in [1.82, 2.24) is 9.88 Å². The van der Waals surface area contributed by atoms with Crippen LogP contribution in [0.4, 0.5) is 0 Å². The second-order valence-electron chi connectivity index (χ2n) is 5.11. The predicted molar refractivity (Wildman–Crippen MR) is 78.2 cm³/mol. The van der Waals surface area contributed by atoms with Crippen molar-refractivity contribution in [3.05, 3.63) is 33.2 Å². The molecule has 5 nitrogen and oxygen atoms in total. The van der Waals surface area contributed by atoms with Crippen LogP contribution >= 0.6 is 0 Å². The summed E-state index contributed by atoms with van der Waals surface area (Å²) in [6.07, 6.45) is 3.22. The van der Waals surface area contributed by atoms with Gasteiger partial charge in [0.25, 0.3) is 5.56 Å². The smallest absolute Gasteiger partial charge is 0.255 e. The molecule has 112 valence electrons. The topological polar surface area (TPSA) is 52.5 Å². The lowest BCUT2D eigenvalue weighted by Crippen LogP contribution is -2.31. The molecule has 1 N–H and O–H groups in total. The van der Waals surface area contributed by atoms with Crippen LogP contribution in [-0.4, -0.2) is 38.5 Å². The van der Waals surface area contributed by atoms with Crippen LogP contribution in [0.1, 0.15) is 23.2 Å². The van der Waals surface area contributed by atoms with Gasteiger partial charge in [-0.1, -0.05) is 0 Å². The van der Waals surface area contributed by atoms with Crippen LogP contribution in [0, 0.1) is 0 Å². The number of pyridine rings is 1. The highest BCUT2D eigenvalue weighted by Gasteiger charge is 2.18. The molecule has 0 saturated carbocycles. The number of hydrogen-bond donors (Lipinski definition) is 1. The van der Waals surface area contributed by atoms with Crippen LogP contribution in [0.25, 0.3) is 0 Å². The van der Waals surface area contributed by atoms with E-state index in [1.807, 2.05) is 4.57 Å². The molecule has 20 heavy (non-hydrogen) atoms. The Bertz CT molecular complexity index is 497. The van der Waals surface area contributed by atoms with Gasteiger partial charge in [-0.15, -0.1) is 0 Å². The number of methoxy groups -OCH3 is 2. The molecule has 0 amide bonds. The first-order valence-corrected chi connectivity index (χ1v) is 7.21. The normalized spacial score (nSPS) is 13.7. The molecule has 0 spiro atoms. The number of fused-ring (bicyclic) bond motifs is 1. The van der Waals surface area contributed by atoms with Crippen molar-refractivity contribution in [3.8, 4) is 0 Å². The van der Waals surface area contributed by atoms with E-state index in [0.717, 1.165) is 31.4 Å². The zero-order valence-corrected chi connectivity index (χ0v) is 12.4. The van der Waals surface area contributed by atoms with Gasteiger partial charge in [0, 0.05) is 45.1 Å². The zero-order chi connectivity index (χ0) is 14.4. The van der Waals surface area contributed by atoms with Gasteiger partial charge < -0.3 is 19.4 Å². The molecule has 0 atom stereocenters. The summed E-state index contributed by atoms with van der Waals surface area (Å²) in [7, 11) is 3.34. The van der Waals surface area contributed by atoms with E-state index in [9.17, 15) is 4.79 Å². The van der Waals surface area contributed by atoms with Crippen molar-refractivity contribution in [2.24, 2.45) is 0 Å². The van der Waals surface area contributed by atoms with Gasteiger partial charge >= 0.3 is 0 Å². The Morgan fingerprint density at radius 2 is 2.05 bits per heavy atom. The fraction of sp³-hybridized carbons (Fsp3) is 0.667. The Balaban J connectivity index is 2.17. The maximum absolute atomic E-state index is 12.5. The maximum Gasteiger partial charge on any atom is 0.255 e. The summed E-state index contributed by atoms with van der Waals surface area (Å²) in [5.41, 5.74) is 3.49. The van der Waals surface area contributed by atoms with Gasteiger partial charge in [0.1, 0.15) is 0 Å². The van der Waals surface area contributed by atoms with Crippen LogP contribution in [0.3, 0.4) is 0 Å². The van der Waals surface area contributed by atoms with E-state index in [0.29, 0.717) is 26.3 Å². The molecule has 0 bridgehead atoms. The third-order valence-electron chi connectivity index (χ3n) is 3.74. The first-order valence-electron chi connectivity index (χ1n) is 7.21. The van der Waals surface area contributed by atoms with E-state index >= 15 is 0 Å². The molecule has 5 heteroatoms. The average molecular weight is 280 g/mol. The van der Waals surface area contributed by atoms with Gasteiger partial charge in [-0.2, -0.15) is 0 Å². The third-order valence-corrected chi connectivity index (χ3v) is 3.74. The minimum atomic E-state index is 0.118. The van der Waals surface area contributed by atoms with Crippen LogP contribution in [0.2, 0.25) is 0 Å². The van der Waals surface area contributed by atoms with Gasteiger partial charge in [-0.05, 0) is 30.9 Å². The highest BCUT2D eigenvalue weighted by Crippen LogP contribution is 2.21. The summed E-state index contributed by atoms with van der Waals surface area (Å²) >= 11 is 0. The number of ether oxygens (including phenoxy) is 2. The molecular formula is C15H24N2O3. The van der Waals surface area contributed by atoms with Gasteiger partial charge in [-0.3, -0.25) is 4.79 Å². The van der Waals surface area contributed by atoms with Crippen molar-refractivity contribution in [2.75, 3.05) is 34.0 Å². The van der Waals surface area contributed by atoms with Gasteiger partial charge in [-0.25, -0.2) is 0 Å². The van der Waals surface area contributed by atoms with Crippen LogP contribution in [0.5, 0.6) is 0 Å². The zero-order valence-electron chi connectivity index (χ0n) is 12.4. The average Bonchev–Trinajstić information content (AvgIpc) is 2.91. The first kappa shape index (κ1) is 15.2. The quantitative estimate of drug-likeness (QED) is 0.713. The van der Waals surface area contributed by atoms with Crippen LogP contribution in [0.15, 0.2) is 10.9 Å². The molecule has 0 fully saturated rings. The molecule has 0 saturated heterocycles. The summed E-state index contributed by atoms with van der Waals surface area (Å²) in [6.45, 7) is 3.23. The highest BCUT2D eigenvalue weighted by atomic mass is 16.5. The Hall–Kier alpha value is -1.17. The molecule has 1 aliphatic carbocycles. The van der Waals surface area contributed by atoms with E-state index in [-0.39, 0.29) is 5.56 Å². The molecular weight excluding hydrogens is 256 g/mol. The second-order valence-corrected chi connectivity index (χ2v) is 5.11. The van der Waals surface area contributed by atoms with E-state index in [1.165, 1.54) is 11.3 Å². The Kier molecular flexibility index (Phi) is 5.76. The first-order chi connectivity index (χ1) is 9.77. The Morgan fingerprint density at radius 1 is 1.25 bits per heavy atom. The van der Waals surface area contributed by atoms with Crippen LogP contribution in [-0.2, 0) is 35.4 Å². The fourth-order valence-electron chi connectivity index (χ4n) is 2.73. The Labute approximate surface area is 119 Å². The molecule has 1 heterocycles.